The number of hydrogen-bond acceptors (Lipinski definition) is 4. The Morgan fingerprint density at radius 1 is 1.22 bits per heavy atom. The predicted molar refractivity (Wildman–Crippen MR) is 66.4 cm³/mol. The van der Waals surface area contributed by atoms with Crippen LogP contribution in [0.3, 0.4) is 0 Å². The highest BCUT2D eigenvalue weighted by atomic mass is 16.5. The van der Waals surface area contributed by atoms with Gasteiger partial charge in [-0.25, -0.2) is 4.79 Å². The lowest BCUT2D eigenvalue weighted by Crippen LogP contribution is -2.06. The third kappa shape index (κ3) is 2.85. The van der Waals surface area contributed by atoms with E-state index in [0.717, 1.165) is 5.56 Å². The molecule has 0 fully saturated rings. The Balaban J connectivity index is 2.12. The van der Waals surface area contributed by atoms with E-state index in [1.54, 1.807) is 6.07 Å². The smallest absolute Gasteiger partial charge is 0.341 e. The molecule has 2 aromatic rings. The van der Waals surface area contributed by atoms with Crippen molar-refractivity contribution in [1.82, 2.24) is 4.98 Å². The number of pyridine rings is 1. The van der Waals surface area contributed by atoms with Crippen molar-refractivity contribution in [3.8, 4) is 5.75 Å². The van der Waals surface area contributed by atoms with Crippen LogP contribution >= 0.6 is 0 Å². The molecule has 0 N–H and O–H groups in total. The largest absolute Gasteiger partial charge is 0.486 e. The minimum atomic E-state index is -0.430. The van der Waals surface area contributed by atoms with Gasteiger partial charge in [0.2, 0.25) is 0 Å². The fraction of sp³-hybridized carbons (Fsp3) is 0.143. The van der Waals surface area contributed by atoms with Gasteiger partial charge in [-0.2, -0.15) is 0 Å². The van der Waals surface area contributed by atoms with Gasteiger partial charge in [0.05, 0.1) is 13.3 Å². The summed E-state index contributed by atoms with van der Waals surface area (Å²) in [6.45, 7) is 0.385. The molecule has 0 atom stereocenters. The summed E-state index contributed by atoms with van der Waals surface area (Å²) in [5, 5.41) is 0. The molecule has 18 heavy (non-hydrogen) atoms. The van der Waals surface area contributed by atoms with Crippen LogP contribution in [0.4, 0.5) is 0 Å². The van der Waals surface area contributed by atoms with E-state index >= 15 is 0 Å². The molecule has 0 bridgehead atoms. The van der Waals surface area contributed by atoms with Gasteiger partial charge in [0.15, 0.2) is 5.75 Å². The standard InChI is InChI=1S/C14H13NO3/c1-17-14(16)12-7-8-15-9-13(12)18-10-11-5-3-2-4-6-11/h2-9H,10H2,1H3. The molecule has 0 saturated carbocycles. The number of carbonyl (C=O) groups is 1. The Bertz CT molecular complexity index is 526. The summed E-state index contributed by atoms with van der Waals surface area (Å²) in [7, 11) is 1.34. The van der Waals surface area contributed by atoms with Crippen LogP contribution in [0, 0.1) is 0 Å². The van der Waals surface area contributed by atoms with Crippen molar-refractivity contribution >= 4 is 5.97 Å². The maximum absolute atomic E-state index is 11.5. The van der Waals surface area contributed by atoms with E-state index < -0.39 is 5.97 Å². The van der Waals surface area contributed by atoms with Crippen LogP contribution in [0.1, 0.15) is 15.9 Å². The first-order chi connectivity index (χ1) is 8.81. The number of hydrogen-bond donors (Lipinski definition) is 0. The molecular weight excluding hydrogens is 230 g/mol. The van der Waals surface area contributed by atoms with Crippen LogP contribution in [0.2, 0.25) is 0 Å². The number of carbonyl (C=O) groups excluding carboxylic acids is 1. The summed E-state index contributed by atoms with van der Waals surface area (Å²) in [6, 6.07) is 11.3. The number of nitrogens with zero attached hydrogens (tertiary/aromatic N) is 1. The zero-order chi connectivity index (χ0) is 12.8. The third-order valence-electron chi connectivity index (χ3n) is 2.43. The molecule has 1 heterocycles. The molecule has 2 rings (SSSR count). The van der Waals surface area contributed by atoms with Crippen molar-refractivity contribution in [3.05, 3.63) is 59.9 Å². The number of benzene rings is 1. The molecule has 1 aromatic heterocycles. The Labute approximate surface area is 105 Å². The Morgan fingerprint density at radius 2 is 2.00 bits per heavy atom. The molecule has 0 spiro atoms. The van der Waals surface area contributed by atoms with Gasteiger partial charge >= 0.3 is 5.97 Å². The van der Waals surface area contributed by atoms with Crippen molar-refractivity contribution < 1.29 is 14.3 Å². The SMILES string of the molecule is COC(=O)c1ccncc1OCc1ccccc1. The van der Waals surface area contributed by atoms with Crippen LogP contribution in [0.15, 0.2) is 48.8 Å². The van der Waals surface area contributed by atoms with Crippen LogP contribution in [0.25, 0.3) is 0 Å². The summed E-state index contributed by atoms with van der Waals surface area (Å²) in [5.74, 6) is -0.00587. The molecular formula is C14H13NO3. The maximum atomic E-state index is 11.5. The lowest BCUT2D eigenvalue weighted by molar-refractivity contribution is 0.0595. The number of rotatable bonds is 4. The summed E-state index contributed by atoms with van der Waals surface area (Å²) in [4.78, 5) is 15.5. The number of esters is 1. The number of aromatic nitrogens is 1. The van der Waals surface area contributed by atoms with Crippen molar-refractivity contribution in [3.63, 3.8) is 0 Å². The van der Waals surface area contributed by atoms with Gasteiger partial charge < -0.3 is 9.47 Å². The normalized spacial score (nSPS) is 9.83. The van der Waals surface area contributed by atoms with Crippen molar-refractivity contribution in [2.45, 2.75) is 6.61 Å². The van der Waals surface area contributed by atoms with Crippen molar-refractivity contribution in [2.75, 3.05) is 7.11 Å². The second-order valence-electron chi connectivity index (χ2n) is 3.64. The number of methoxy groups -OCH3 is 1. The topological polar surface area (TPSA) is 48.4 Å². The second kappa shape index (κ2) is 5.82. The highest BCUT2D eigenvalue weighted by Crippen LogP contribution is 2.18. The molecule has 0 aliphatic heterocycles. The molecule has 0 aliphatic rings. The lowest BCUT2D eigenvalue weighted by atomic mass is 10.2. The maximum Gasteiger partial charge on any atom is 0.341 e. The molecule has 4 heteroatoms. The van der Waals surface area contributed by atoms with Gasteiger partial charge in [0, 0.05) is 6.20 Å². The van der Waals surface area contributed by atoms with Gasteiger partial charge in [-0.15, -0.1) is 0 Å². The number of ether oxygens (including phenoxy) is 2. The monoisotopic (exact) mass is 243 g/mol. The summed E-state index contributed by atoms with van der Waals surface area (Å²) in [6.07, 6.45) is 3.04. The fourth-order valence-corrected chi connectivity index (χ4v) is 1.51. The van der Waals surface area contributed by atoms with Gasteiger partial charge in [-0.3, -0.25) is 4.98 Å². The summed E-state index contributed by atoms with van der Waals surface area (Å²) < 4.78 is 10.3. The van der Waals surface area contributed by atoms with E-state index in [1.807, 2.05) is 30.3 Å². The minimum absolute atomic E-state index is 0.378. The van der Waals surface area contributed by atoms with Crippen LogP contribution in [0.5, 0.6) is 5.75 Å². The van der Waals surface area contributed by atoms with Crippen LogP contribution < -0.4 is 4.74 Å². The summed E-state index contributed by atoms with van der Waals surface area (Å²) >= 11 is 0. The van der Waals surface area contributed by atoms with E-state index in [0.29, 0.717) is 17.9 Å². The van der Waals surface area contributed by atoms with Crippen molar-refractivity contribution in [2.24, 2.45) is 0 Å². The molecule has 1 aromatic carbocycles. The molecule has 0 aliphatic carbocycles. The molecule has 4 nitrogen and oxygen atoms in total. The molecule has 0 unspecified atom stereocenters. The van der Waals surface area contributed by atoms with E-state index in [9.17, 15) is 4.79 Å². The highest BCUT2D eigenvalue weighted by molar-refractivity contribution is 5.92. The third-order valence-corrected chi connectivity index (χ3v) is 2.43. The van der Waals surface area contributed by atoms with E-state index in [4.69, 9.17) is 4.74 Å². The predicted octanol–water partition coefficient (Wildman–Crippen LogP) is 2.45. The Hall–Kier alpha value is -2.36. The first kappa shape index (κ1) is 12.1. The van der Waals surface area contributed by atoms with E-state index in [-0.39, 0.29) is 0 Å². The van der Waals surface area contributed by atoms with Gasteiger partial charge in [0.1, 0.15) is 12.2 Å². The van der Waals surface area contributed by atoms with Crippen LogP contribution in [-0.2, 0) is 11.3 Å². The highest BCUT2D eigenvalue weighted by Gasteiger charge is 2.12. The molecule has 0 amide bonds. The first-order valence-electron chi connectivity index (χ1n) is 5.50. The summed E-state index contributed by atoms with van der Waals surface area (Å²) in [5.41, 5.74) is 1.40. The molecule has 92 valence electrons. The Kier molecular flexibility index (Phi) is 3.91. The van der Waals surface area contributed by atoms with Gasteiger partial charge in [-0.1, -0.05) is 30.3 Å². The molecule has 0 radical (unpaired) electrons. The Morgan fingerprint density at radius 3 is 2.72 bits per heavy atom. The van der Waals surface area contributed by atoms with Gasteiger partial charge in [0.25, 0.3) is 0 Å². The second-order valence-corrected chi connectivity index (χ2v) is 3.64. The zero-order valence-corrected chi connectivity index (χ0v) is 10.00. The molecule has 0 saturated heterocycles. The quantitative estimate of drug-likeness (QED) is 0.774. The lowest BCUT2D eigenvalue weighted by Gasteiger charge is -2.09. The minimum Gasteiger partial charge on any atom is -0.486 e. The zero-order valence-electron chi connectivity index (χ0n) is 10.00. The first-order valence-corrected chi connectivity index (χ1v) is 5.50. The average molecular weight is 243 g/mol. The van der Waals surface area contributed by atoms with E-state index in [2.05, 4.69) is 9.72 Å². The van der Waals surface area contributed by atoms with Crippen molar-refractivity contribution in [1.29, 1.82) is 0 Å². The fourth-order valence-electron chi connectivity index (χ4n) is 1.51. The van der Waals surface area contributed by atoms with E-state index in [1.165, 1.54) is 19.5 Å². The van der Waals surface area contributed by atoms with Crippen LogP contribution in [-0.4, -0.2) is 18.1 Å². The van der Waals surface area contributed by atoms with Gasteiger partial charge in [-0.05, 0) is 11.6 Å². The average Bonchev–Trinajstić information content (AvgIpc) is 2.45.